The van der Waals surface area contributed by atoms with Crippen LogP contribution in [0.4, 0.5) is 0 Å². The van der Waals surface area contributed by atoms with Crippen molar-refractivity contribution in [3.05, 3.63) is 18.0 Å². The average molecular weight is 410 g/mol. The Morgan fingerprint density at radius 3 is 2.73 bits per heavy atom. The lowest BCUT2D eigenvalue weighted by atomic mass is 9.49. The second-order valence-electron chi connectivity index (χ2n) is 11.4. The highest BCUT2D eigenvalue weighted by Gasteiger charge is 2.58. The van der Waals surface area contributed by atoms with E-state index in [2.05, 4.69) is 18.1 Å². The number of aromatic nitrogens is 2. The third-order valence-corrected chi connectivity index (χ3v) is 9.71. The average Bonchev–Trinajstić information content (AvgIpc) is 3.30. The number of nitrogens with zero attached hydrogens (tertiary/aromatic N) is 3. The Labute approximate surface area is 179 Å². The summed E-state index contributed by atoms with van der Waals surface area (Å²) in [6.07, 6.45) is 13.5. The van der Waals surface area contributed by atoms with E-state index in [9.17, 15) is 9.90 Å². The second-order valence-corrected chi connectivity index (χ2v) is 11.4. The first kappa shape index (κ1) is 20.2. The van der Waals surface area contributed by atoms with Crippen LogP contribution in [-0.2, 0) is 11.3 Å². The van der Waals surface area contributed by atoms with E-state index >= 15 is 0 Å². The monoisotopic (exact) mass is 409 g/mol. The Morgan fingerprint density at radius 2 is 1.97 bits per heavy atom. The molecular formula is C25H35N3O2. The third kappa shape index (κ3) is 3.23. The summed E-state index contributed by atoms with van der Waals surface area (Å²) in [5.74, 6) is 4.15. The van der Waals surface area contributed by atoms with Gasteiger partial charge < -0.3 is 5.11 Å². The van der Waals surface area contributed by atoms with Crippen LogP contribution in [0.2, 0.25) is 0 Å². The normalized spacial score (nSPS) is 45.1. The zero-order valence-electron chi connectivity index (χ0n) is 18.4. The van der Waals surface area contributed by atoms with E-state index < -0.39 is 5.60 Å². The van der Waals surface area contributed by atoms with Gasteiger partial charge in [-0.05, 0) is 99.7 Å². The fourth-order valence-electron chi connectivity index (χ4n) is 8.39. The first-order chi connectivity index (χ1) is 14.3. The Kier molecular flexibility index (Phi) is 4.85. The van der Waals surface area contributed by atoms with E-state index in [0.29, 0.717) is 29.7 Å². The molecule has 30 heavy (non-hydrogen) atoms. The molecule has 0 amide bonds. The number of hydrogen-bond acceptors (Lipinski definition) is 4. The van der Waals surface area contributed by atoms with Gasteiger partial charge in [0.25, 0.3) is 0 Å². The molecule has 2 unspecified atom stereocenters. The van der Waals surface area contributed by atoms with Crippen LogP contribution in [0.15, 0.2) is 12.4 Å². The highest BCUT2D eigenvalue weighted by atomic mass is 16.3. The van der Waals surface area contributed by atoms with Crippen molar-refractivity contribution >= 4 is 5.78 Å². The highest BCUT2D eigenvalue weighted by Crippen LogP contribution is 2.64. The smallest absolute Gasteiger partial charge is 0.157 e. The van der Waals surface area contributed by atoms with Crippen LogP contribution in [0.25, 0.3) is 0 Å². The van der Waals surface area contributed by atoms with Crippen LogP contribution < -0.4 is 0 Å². The number of carbonyl (C=O) groups excluding carboxylic acids is 1. The van der Waals surface area contributed by atoms with Gasteiger partial charge in [-0.3, -0.25) is 9.48 Å². The topological polar surface area (TPSA) is 78.9 Å². The fourth-order valence-corrected chi connectivity index (χ4v) is 8.39. The lowest BCUT2D eigenvalue weighted by Gasteiger charge is -2.56. The summed E-state index contributed by atoms with van der Waals surface area (Å²) in [7, 11) is 0. The first-order valence-electron chi connectivity index (χ1n) is 12.0. The van der Waals surface area contributed by atoms with Crippen LogP contribution in [-0.4, -0.2) is 26.3 Å². The largest absolute Gasteiger partial charge is 0.390 e. The molecule has 1 aromatic heterocycles. The number of aliphatic hydroxyl groups is 1. The van der Waals surface area contributed by atoms with E-state index in [1.54, 1.807) is 10.9 Å². The van der Waals surface area contributed by atoms with Crippen molar-refractivity contribution in [3.8, 4) is 6.07 Å². The lowest BCUT2D eigenvalue weighted by Crippen LogP contribution is -2.51. The van der Waals surface area contributed by atoms with Crippen LogP contribution in [0, 0.1) is 52.3 Å². The summed E-state index contributed by atoms with van der Waals surface area (Å²) >= 11 is 0. The van der Waals surface area contributed by atoms with E-state index in [-0.39, 0.29) is 11.3 Å². The van der Waals surface area contributed by atoms with Crippen molar-refractivity contribution in [2.45, 2.75) is 83.8 Å². The standard InChI is InChI=1S/C25H35N3O2/c1-24(30)9-7-18-17(11-24)3-4-20-19(18)8-10-25(2)21(20)5-6-22(25)23(29)15-28-14-16(12-26)13-27-28/h13-14,17-22,30H,3-11,15H2,1-2H3/t17-,18+,19-,20-,21+,22?,24-,25?/m1/s1. The van der Waals surface area contributed by atoms with Gasteiger partial charge in [0.05, 0.1) is 23.9 Å². The molecule has 0 bridgehead atoms. The van der Waals surface area contributed by atoms with Gasteiger partial charge in [-0.25, -0.2) is 0 Å². The van der Waals surface area contributed by atoms with E-state index in [4.69, 9.17) is 5.26 Å². The van der Waals surface area contributed by atoms with Crippen molar-refractivity contribution in [2.24, 2.45) is 40.9 Å². The molecule has 0 aliphatic heterocycles. The SMILES string of the molecule is CC12CC[C@H]3[C@@H](CC[C@@H]4C[C@](C)(O)CC[C@@H]43)[C@@H]1CCC2C(=O)Cn1cc(C#N)cn1. The maximum atomic E-state index is 13.3. The quantitative estimate of drug-likeness (QED) is 0.805. The van der Waals surface area contributed by atoms with Crippen molar-refractivity contribution in [3.63, 3.8) is 0 Å². The second kappa shape index (κ2) is 7.19. The summed E-state index contributed by atoms with van der Waals surface area (Å²) in [6.45, 7) is 4.72. The Morgan fingerprint density at radius 1 is 1.17 bits per heavy atom. The Bertz CT molecular complexity index is 868. The van der Waals surface area contributed by atoms with Gasteiger partial charge in [0, 0.05) is 12.1 Å². The molecule has 0 saturated heterocycles. The molecular weight excluding hydrogens is 374 g/mol. The summed E-state index contributed by atoms with van der Waals surface area (Å²) in [4.78, 5) is 13.3. The molecule has 0 aromatic carbocycles. The van der Waals surface area contributed by atoms with E-state index in [1.807, 2.05) is 6.92 Å². The summed E-state index contributed by atoms with van der Waals surface area (Å²) < 4.78 is 1.64. The van der Waals surface area contributed by atoms with Crippen LogP contribution in [0.1, 0.15) is 77.2 Å². The summed E-state index contributed by atoms with van der Waals surface area (Å²) in [5, 5.41) is 23.8. The molecule has 5 rings (SSSR count). The van der Waals surface area contributed by atoms with Crippen molar-refractivity contribution in [1.29, 1.82) is 5.26 Å². The lowest BCUT2D eigenvalue weighted by molar-refractivity contribution is -0.133. The molecule has 5 nitrogen and oxygen atoms in total. The predicted octanol–water partition coefficient (Wildman–Crippen LogP) is 4.34. The maximum absolute atomic E-state index is 13.3. The first-order valence-corrected chi connectivity index (χ1v) is 12.0. The minimum Gasteiger partial charge on any atom is -0.390 e. The molecule has 0 spiro atoms. The predicted molar refractivity (Wildman–Crippen MR) is 113 cm³/mol. The molecule has 4 aliphatic carbocycles. The fraction of sp³-hybridized carbons (Fsp3) is 0.800. The van der Waals surface area contributed by atoms with E-state index in [1.165, 1.54) is 38.3 Å². The Hall–Kier alpha value is -1.67. The van der Waals surface area contributed by atoms with Gasteiger partial charge in [0.2, 0.25) is 0 Å². The number of nitriles is 1. The molecule has 1 heterocycles. The molecule has 1 N–H and O–H groups in total. The summed E-state index contributed by atoms with van der Waals surface area (Å²) in [5.41, 5.74) is 0.179. The third-order valence-electron chi connectivity index (χ3n) is 9.71. The number of rotatable bonds is 3. The number of carbonyl (C=O) groups is 1. The Balaban J connectivity index is 1.30. The molecule has 4 aliphatic rings. The molecule has 8 atom stereocenters. The molecule has 4 saturated carbocycles. The van der Waals surface area contributed by atoms with Gasteiger partial charge in [0.15, 0.2) is 5.78 Å². The minimum absolute atomic E-state index is 0.121. The number of fused-ring (bicyclic) bond motifs is 5. The van der Waals surface area contributed by atoms with Crippen LogP contribution >= 0.6 is 0 Å². The number of Topliss-reactive ketones (excluding diaryl/α,β-unsaturated/α-hetero) is 1. The number of hydrogen-bond donors (Lipinski definition) is 1. The zero-order chi connectivity index (χ0) is 21.1. The van der Waals surface area contributed by atoms with E-state index in [0.717, 1.165) is 43.4 Å². The van der Waals surface area contributed by atoms with Gasteiger partial charge >= 0.3 is 0 Å². The molecule has 0 radical (unpaired) electrons. The van der Waals surface area contributed by atoms with Crippen molar-refractivity contribution < 1.29 is 9.90 Å². The van der Waals surface area contributed by atoms with Crippen molar-refractivity contribution in [1.82, 2.24) is 9.78 Å². The van der Waals surface area contributed by atoms with Gasteiger partial charge in [-0.1, -0.05) is 6.92 Å². The van der Waals surface area contributed by atoms with Crippen molar-refractivity contribution in [2.75, 3.05) is 0 Å². The molecule has 1 aromatic rings. The summed E-state index contributed by atoms with van der Waals surface area (Å²) in [6, 6.07) is 2.09. The molecule has 162 valence electrons. The maximum Gasteiger partial charge on any atom is 0.157 e. The van der Waals surface area contributed by atoms with Gasteiger partial charge in [-0.15, -0.1) is 0 Å². The molecule has 4 fully saturated rings. The molecule has 5 heteroatoms. The van der Waals surface area contributed by atoms with Crippen LogP contribution in [0.3, 0.4) is 0 Å². The number of ketones is 1. The highest BCUT2D eigenvalue weighted by molar-refractivity contribution is 5.82. The minimum atomic E-state index is -0.458. The van der Waals surface area contributed by atoms with Gasteiger partial charge in [-0.2, -0.15) is 10.4 Å². The van der Waals surface area contributed by atoms with Gasteiger partial charge in [0.1, 0.15) is 6.07 Å². The zero-order valence-corrected chi connectivity index (χ0v) is 18.4. The van der Waals surface area contributed by atoms with Crippen LogP contribution in [0.5, 0.6) is 0 Å².